The molecular weight excluding hydrogens is 363 g/mol. The fourth-order valence-electron chi connectivity index (χ4n) is 3.44. The molecule has 2 aromatic carbocycles. The van der Waals surface area contributed by atoms with Gasteiger partial charge in [0.15, 0.2) is 11.5 Å². The zero-order chi connectivity index (χ0) is 20.1. The van der Waals surface area contributed by atoms with Crippen molar-refractivity contribution in [3.05, 3.63) is 53.3 Å². The Hall–Kier alpha value is -2.80. The third kappa shape index (κ3) is 4.20. The number of benzene rings is 2. The first-order valence-electron chi connectivity index (χ1n) is 9.12. The van der Waals surface area contributed by atoms with Crippen molar-refractivity contribution < 1.29 is 23.4 Å². The molecule has 1 aliphatic heterocycles. The van der Waals surface area contributed by atoms with Crippen LogP contribution in [0.25, 0.3) is 0 Å². The van der Waals surface area contributed by atoms with Gasteiger partial charge in [0.05, 0.1) is 21.3 Å². The van der Waals surface area contributed by atoms with Crippen molar-refractivity contribution in [2.75, 3.05) is 47.5 Å². The van der Waals surface area contributed by atoms with Gasteiger partial charge in [-0.1, -0.05) is 12.1 Å². The van der Waals surface area contributed by atoms with Gasteiger partial charge in [-0.25, -0.2) is 4.39 Å². The summed E-state index contributed by atoms with van der Waals surface area (Å²) >= 11 is 0. The first-order valence-corrected chi connectivity index (χ1v) is 9.12. The lowest BCUT2D eigenvalue weighted by Gasteiger charge is -2.35. The number of nitrogens with zero attached hydrogens (tertiary/aromatic N) is 2. The number of carbonyl (C=O) groups is 1. The summed E-state index contributed by atoms with van der Waals surface area (Å²) in [4.78, 5) is 16.6. The molecule has 6 nitrogen and oxygen atoms in total. The predicted octanol–water partition coefficient (Wildman–Crippen LogP) is 2.81. The van der Waals surface area contributed by atoms with Crippen molar-refractivity contribution in [3.8, 4) is 17.2 Å². The summed E-state index contributed by atoms with van der Waals surface area (Å²) in [7, 11) is 4.78. The molecule has 28 heavy (non-hydrogen) atoms. The molecule has 0 aromatic heterocycles. The summed E-state index contributed by atoms with van der Waals surface area (Å²) in [6.45, 7) is 3.29. The van der Waals surface area contributed by atoms with E-state index in [1.165, 1.54) is 12.1 Å². The van der Waals surface area contributed by atoms with Crippen LogP contribution in [0.4, 0.5) is 4.39 Å². The maximum absolute atomic E-state index is 13.4. The van der Waals surface area contributed by atoms with Crippen LogP contribution in [-0.2, 0) is 6.54 Å². The predicted molar refractivity (Wildman–Crippen MR) is 104 cm³/mol. The number of methoxy groups -OCH3 is 3. The van der Waals surface area contributed by atoms with E-state index in [2.05, 4.69) is 4.90 Å². The molecule has 0 bridgehead atoms. The van der Waals surface area contributed by atoms with Gasteiger partial charge in [-0.3, -0.25) is 9.69 Å². The highest BCUT2D eigenvalue weighted by Gasteiger charge is 2.24. The molecule has 0 atom stereocenters. The third-order valence-electron chi connectivity index (χ3n) is 4.91. The Kier molecular flexibility index (Phi) is 6.36. The van der Waals surface area contributed by atoms with Crippen LogP contribution in [0, 0.1) is 5.82 Å². The Morgan fingerprint density at radius 3 is 2.29 bits per heavy atom. The van der Waals surface area contributed by atoms with Gasteiger partial charge in [0.2, 0.25) is 5.75 Å². The van der Waals surface area contributed by atoms with E-state index >= 15 is 0 Å². The quantitative estimate of drug-likeness (QED) is 0.762. The SMILES string of the molecule is COc1ccc(CN2CCN(C(=O)c3cccc(F)c3)CC2)c(OC)c1OC. The van der Waals surface area contributed by atoms with Crippen LogP contribution < -0.4 is 14.2 Å². The second-order valence-corrected chi connectivity index (χ2v) is 6.57. The van der Waals surface area contributed by atoms with E-state index in [1.54, 1.807) is 38.4 Å². The van der Waals surface area contributed by atoms with Crippen LogP contribution in [0.15, 0.2) is 36.4 Å². The van der Waals surface area contributed by atoms with E-state index in [-0.39, 0.29) is 5.91 Å². The second-order valence-electron chi connectivity index (χ2n) is 6.57. The molecule has 7 heteroatoms. The number of piperazine rings is 1. The molecule has 1 fully saturated rings. The van der Waals surface area contributed by atoms with E-state index in [4.69, 9.17) is 14.2 Å². The first-order chi connectivity index (χ1) is 13.6. The van der Waals surface area contributed by atoms with Gasteiger partial charge in [0, 0.05) is 43.9 Å². The second kappa shape index (κ2) is 8.93. The summed E-state index contributed by atoms with van der Waals surface area (Å²) in [6, 6.07) is 9.65. The van der Waals surface area contributed by atoms with Gasteiger partial charge < -0.3 is 19.1 Å². The van der Waals surface area contributed by atoms with Gasteiger partial charge >= 0.3 is 0 Å². The molecule has 3 rings (SSSR count). The van der Waals surface area contributed by atoms with Crippen molar-refractivity contribution in [3.63, 3.8) is 0 Å². The van der Waals surface area contributed by atoms with Gasteiger partial charge in [0.1, 0.15) is 5.82 Å². The molecular formula is C21H25FN2O4. The molecule has 150 valence electrons. The Labute approximate surface area is 164 Å². The molecule has 0 unspecified atom stereocenters. The number of hydrogen-bond acceptors (Lipinski definition) is 5. The third-order valence-corrected chi connectivity index (χ3v) is 4.91. The summed E-state index contributed by atoms with van der Waals surface area (Å²) in [5.41, 5.74) is 1.38. The van der Waals surface area contributed by atoms with Crippen molar-refractivity contribution in [1.82, 2.24) is 9.80 Å². The van der Waals surface area contributed by atoms with Crippen molar-refractivity contribution >= 4 is 5.91 Å². The number of halogens is 1. The first kappa shape index (κ1) is 19.9. The number of amides is 1. The monoisotopic (exact) mass is 388 g/mol. The zero-order valence-electron chi connectivity index (χ0n) is 16.4. The summed E-state index contributed by atoms with van der Waals surface area (Å²) < 4.78 is 29.7. The average molecular weight is 388 g/mol. The minimum Gasteiger partial charge on any atom is -0.493 e. The van der Waals surface area contributed by atoms with Crippen molar-refractivity contribution in [1.29, 1.82) is 0 Å². The number of carbonyl (C=O) groups excluding carboxylic acids is 1. The lowest BCUT2D eigenvalue weighted by molar-refractivity contribution is 0.0627. The Morgan fingerprint density at radius 2 is 1.68 bits per heavy atom. The highest BCUT2D eigenvalue weighted by molar-refractivity contribution is 5.94. The number of ether oxygens (including phenoxy) is 3. The molecule has 1 amide bonds. The molecule has 1 saturated heterocycles. The van der Waals surface area contributed by atoms with Crippen LogP contribution in [0.2, 0.25) is 0 Å². The van der Waals surface area contributed by atoms with Crippen LogP contribution in [0.3, 0.4) is 0 Å². The smallest absolute Gasteiger partial charge is 0.254 e. The molecule has 0 aliphatic carbocycles. The lowest BCUT2D eigenvalue weighted by Crippen LogP contribution is -2.48. The molecule has 1 aliphatic rings. The van der Waals surface area contributed by atoms with Crippen LogP contribution in [-0.4, -0.2) is 63.2 Å². The highest BCUT2D eigenvalue weighted by Crippen LogP contribution is 2.40. The largest absolute Gasteiger partial charge is 0.493 e. The molecule has 1 heterocycles. The zero-order valence-corrected chi connectivity index (χ0v) is 16.4. The fraction of sp³-hybridized carbons (Fsp3) is 0.381. The van der Waals surface area contributed by atoms with E-state index in [9.17, 15) is 9.18 Å². The van der Waals surface area contributed by atoms with E-state index in [0.717, 1.165) is 18.7 Å². The van der Waals surface area contributed by atoms with E-state index < -0.39 is 5.82 Å². The van der Waals surface area contributed by atoms with Crippen LogP contribution in [0.5, 0.6) is 17.2 Å². The van der Waals surface area contributed by atoms with Gasteiger partial charge in [-0.2, -0.15) is 0 Å². The molecule has 0 N–H and O–H groups in total. The van der Waals surface area contributed by atoms with Gasteiger partial charge in [-0.15, -0.1) is 0 Å². The van der Waals surface area contributed by atoms with Crippen LogP contribution >= 0.6 is 0 Å². The maximum atomic E-state index is 13.4. The normalized spacial score (nSPS) is 14.6. The minimum atomic E-state index is -0.398. The standard InChI is InChI=1S/C21H25FN2O4/c1-26-18-8-7-16(19(27-2)20(18)28-3)14-23-9-11-24(12-10-23)21(25)15-5-4-6-17(22)13-15/h4-8,13H,9-12,14H2,1-3H3. The van der Waals surface area contributed by atoms with Crippen LogP contribution in [0.1, 0.15) is 15.9 Å². The molecule has 0 spiro atoms. The topological polar surface area (TPSA) is 51.2 Å². The summed E-state index contributed by atoms with van der Waals surface area (Å²) in [5, 5.41) is 0. The fourth-order valence-corrected chi connectivity index (χ4v) is 3.44. The van der Waals surface area contributed by atoms with Gasteiger partial charge in [-0.05, 0) is 24.3 Å². The average Bonchev–Trinajstić information content (AvgIpc) is 2.73. The lowest BCUT2D eigenvalue weighted by atomic mass is 10.1. The van der Waals surface area contributed by atoms with Gasteiger partial charge in [0.25, 0.3) is 5.91 Å². The van der Waals surface area contributed by atoms with Crippen molar-refractivity contribution in [2.24, 2.45) is 0 Å². The molecule has 0 saturated carbocycles. The minimum absolute atomic E-state index is 0.136. The van der Waals surface area contributed by atoms with E-state index in [0.29, 0.717) is 42.4 Å². The van der Waals surface area contributed by atoms with Crippen molar-refractivity contribution in [2.45, 2.75) is 6.54 Å². The summed E-state index contributed by atoms with van der Waals surface area (Å²) in [5.74, 6) is 1.31. The Morgan fingerprint density at radius 1 is 0.964 bits per heavy atom. The highest BCUT2D eigenvalue weighted by atomic mass is 19.1. The Bertz CT molecular complexity index is 835. The van der Waals surface area contributed by atoms with E-state index in [1.807, 2.05) is 12.1 Å². The number of hydrogen-bond donors (Lipinski definition) is 0. The maximum Gasteiger partial charge on any atom is 0.254 e. The molecule has 0 radical (unpaired) electrons. The number of rotatable bonds is 6. The Balaban J connectivity index is 1.65. The summed E-state index contributed by atoms with van der Waals surface area (Å²) in [6.07, 6.45) is 0. The molecule has 2 aromatic rings.